The summed E-state index contributed by atoms with van der Waals surface area (Å²) in [4.78, 5) is 31.8. The molecule has 0 saturated carbocycles. The average molecular weight is 389 g/mol. The Morgan fingerprint density at radius 3 is 2.32 bits per heavy atom. The Kier molecular flexibility index (Phi) is 5.92. The van der Waals surface area contributed by atoms with Gasteiger partial charge in [-0.2, -0.15) is 0 Å². The van der Waals surface area contributed by atoms with Crippen LogP contribution in [0.5, 0.6) is 0 Å². The average Bonchev–Trinajstić information content (AvgIpc) is 2.75. The summed E-state index contributed by atoms with van der Waals surface area (Å²) < 4.78 is 18.5. The van der Waals surface area contributed by atoms with Crippen LogP contribution >= 0.6 is 0 Å². The second-order valence-electron chi connectivity index (χ2n) is 7.87. The van der Waals surface area contributed by atoms with Crippen molar-refractivity contribution in [2.75, 3.05) is 45.9 Å². The van der Waals surface area contributed by atoms with Crippen LogP contribution in [0.3, 0.4) is 0 Å². The molecule has 152 valence electrons. The third kappa shape index (κ3) is 4.05. The van der Waals surface area contributed by atoms with Crippen LogP contribution in [-0.4, -0.2) is 84.5 Å². The fraction of sp³-hybridized carbons (Fsp3) is 0.619. The van der Waals surface area contributed by atoms with Gasteiger partial charge in [0.05, 0.1) is 6.04 Å². The molecule has 3 saturated heterocycles. The van der Waals surface area contributed by atoms with E-state index in [2.05, 4.69) is 9.80 Å². The van der Waals surface area contributed by atoms with Crippen molar-refractivity contribution in [1.82, 2.24) is 14.7 Å². The first-order chi connectivity index (χ1) is 13.6. The van der Waals surface area contributed by atoms with E-state index in [4.69, 9.17) is 4.74 Å². The second kappa shape index (κ2) is 8.57. The van der Waals surface area contributed by atoms with E-state index in [1.165, 1.54) is 24.3 Å². The lowest BCUT2D eigenvalue weighted by molar-refractivity contribution is -0.145. The first kappa shape index (κ1) is 19.3. The molecule has 1 aromatic rings. The van der Waals surface area contributed by atoms with Crippen molar-refractivity contribution in [2.24, 2.45) is 0 Å². The number of hydrogen-bond acceptors (Lipinski definition) is 4. The van der Waals surface area contributed by atoms with Gasteiger partial charge in [0.2, 0.25) is 5.91 Å². The summed E-state index contributed by atoms with van der Waals surface area (Å²) >= 11 is 0. The van der Waals surface area contributed by atoms with Gasteiger partial charge in [-0.1, -0.05) is 0 Å². The molecule has 3 aliphatic heterocycles. The highest BCUT2D eigenvalue weighted by atomic mass is 19.1. The summed E-state index contributed by atoms with van der Waals surface area (Å²) in [7, 11) is 0. The van der Waals surface area contributed by atoms with Gasteiger partial charge in [0.1, 0.15) is 5.82 Å². The van der Waals surface area contributed by atoms with Crippen LogP contribution in [0.4, 0.5) is 4.39 Å². The molecule has 0 bridgehead atoms. The van der Waals surface area contributed by atoms with Crippen LogP contribution < -0.4 is 0 Å². The van der Waals surface area contributed by atoms with E-state index in [1.54, 1.807) is 4.90 Å². The monoisotopic (exact) mass is 389 g/mol. The van der Waals surface area contributed by atoms with Gasteiger partial charge in [-0.15, -0.1) is 0 Å². The summed E-state index contributed by atoms with van der Waals surface area (Å²) in [6.07, 6.45) is 3.78. The third-order valence-electron chi connectivity index (χ3n) is 6.21. The predicted octanol–water partition coefficient (Wildman–Crippen LogP) is 1.75. The van der Waals surface area contributed by atoms with Gasteiger partial charge in [-0.05, 0) is 49.9 Å². The summed E-state index contributed by atoms with van der Waals surface area (Å²) in [5, 5.41) is 0. The molecule has 1 aromatic carbocycles. The van der Waals surface area contributed by atoms with Crippen LogP contribution in [0.1, 0.15) is 36.0 Å². The number of halogens is 1. The normalized spacial score (nSPS) is 25.2. The molecule has 4 rings (SSSR count). The van der Waals surface area contributed by atoms with E-state index in [9.17, 15) is 14.0 Å². The van der Waals surface area contributed by atoms with Crippen LogP contribution in [0, 0.1) is 5.82 Å². The molecule has 0 aromatic heterocycles. The number of carbonyl (C=O) groups is 2. The lowest BCUT2D eigenvalue weighted by Crippen LogP contribution is -2.60. The lowest BCUT2D eigenvalue weighted by atomic mass is 9.97. The van der Waals surface area contributed by atoms with E-state index in [0.717, 1.165) is 45.4 Å². The number of piperazine rings is 1. The summed E-state index contributed by atoms with van der Waals surface area (Å²) in [6.45, 7) is 4.92. The number of benzene rings is 1. The van der Waals surface area contributed by atoms with Crippen LogP contribution in [-0.2, 0) is 9.53 Å². The highest BCUT2D eigenvalue weighted by molar-refractivity contribution is 5.94. The topological polar surface area (TPSA) is 53.1 Å². The lowest BCUT2D eigenvalue weighted by Gasteiger charge is -2.45. The molecule has 2 amide bonds. The number of carbonyl (C=O) groups excluding carboxylic acids is 2. The van der Waals surface area contributed by atoms with Crippen molar-refractivity contribution in [2.45, 2.75) is 37.8 Å². The number of piperidine rings is 1. The van der Waals surface area contributed by atoms with Crippen molar-refractivity contribution in [3.63, 3.8) is 0 Å². The highest BCUT2D eigenvalue weighted by Crippen LogP contribution is 2.24. The first-order valence-electron chi connectivity index (χ1n) is 10.3. The molecule has 1 atom stereocenters. The standard InChI is InChI=1S/C21H28FN3O3/c22-17-5-3-16(4-6-17)20(26)24-12-10-23(11-13-24)19-2-1-9-25(21(19)27)18-7-14-28-15-8-18/h3-6,18-19H,1-2,7-15H2. The summed E-state index contributed by atoms with van der Waals surface area (Å²) in [6, 6.07) is 5.93. The van der Waals surface area contributed by atoms with E-state index in [-0.39, 0.29) is 23.7 Å². The Morgan fingerprint density at radius 2 is 1.64 bits per heavy atom. The zero-order valence-corrected chi connectivity index (χ0v) is 16.2. The van der Waals surface area contributed by atoms with Gasteiger partial charge in [-0.3, -0.25) is 14.5 Å². The van der Waals surface area contributed by atoms with Gasteiger partial charge in [0.15, 0.2) is 0 Å². The van der Waals surface area contributed by atoms with Crippen molar-refractivity contribution in [1.29, 1.82) is 0 Å². The van der Waals surface area contributed by atoms with Crippen molar-refractivity contribution in [3.8, 4) is 0 Å². The zero-order chi connectivity index (χ0) is 19.5. The van der Waals surface area contributed by atoms with Crippen molar-refractivity contribution >= 4 is 11.8 Å². The Morgan fingerprint density at radius 1 is 0.964 bits per heavy atom. The van der Waals surface area contributed by atoms with Crippen molar-refractivity contribution in [3.05, 3.63) is 35.6 Å². The summed E-state index contributed by atoms with van der Waals surface area (Å²) in [5.74, 6) is -0.166. The first-order valence-corrected chi connectivity index (χ1v) is 10.3. The number of hydrogen-bond donors (Lipinski definition) is 0. The molecule has 0 N–H and O–H groups in total. The quantitative estimate of drug-likeness (QED) is 0.791. The summed E-state index contributed by atoms with van der Waals surface area (Å²) in [5.41, 5.74) is 0.509. The minimum atomic E-state index is -0.341. The van der Waals surface area contributed by atoms with Crippen molar-refractivity contribution < 1.29 is 18.7 Å². The van der Waals surface area contributed by atoms with Crippen LogP contribution in [0.25, 0.3) is 0 Å². The molecule has 3 fully saturated rings. The van der Waals surface area contributed by atoms with Gasteiger partial charge < -0.3 is 14.5 Å². The maximum absolute atomic E-state index is 13.1. The molecule has 3 aliphatic rings. The van der Waals surface area contributed by atoms with Gasteiger partial charge in [0.25, 0.3) is 5.91 Å². The highest BCUT2D eigenvalue weighted by Gasteiger charge is 2.38. The molecule has 7 heteroatoms. The zero-order valence-electron chi connectivity index (χ0n) is 16.2. The minimum absolute atomic E-state index is 0.0698. The Labute approximate surface area is 165 Å². The second-order valence-corrected chi connectivity index (χ2v) is 7.87. The Balaban J connectivity index is 1.34. The molecule has 0 aliphatic carbocycles. The maximum Gasteiger partial charge on any atom is 0.253 e. The van der Waals surface area contributed by atoms with Crippen LogP contribution in [0.2, 0.25) is 0 Å². The molecule has 1 unspecified atom stereocenters. The van der Waals surface area contributed by atoms with E-state index < -0.39 is 0 Å². The van der Waals surface area contributed by atoms with Gasteiger partial charge in [-0.25, -0.2) is 4.39 Å². The number of nitrogens with zero attached hydrogens (tertiary/aromatic N) is 3. The minimum Gasteiger partial charge on any atom is -0.381 e. The molecule has 3 heterocycles. The predicted molar refractivity (Wildman–Crippen MR) is 102 cm³/mol. The Bertz CT molecular complexity index is 697. The molecule has 0 radical (unpaired) electrons. The molecule has 28 heavy (non-hydrogen) atoms. The smallest absolute Gasteiger partial charge is 0.253 e. The fourth-order valence-electron chi connectivity index (χ4n) is 4.59. The van der Waals surface area contributed by atoms with Crippen LogP contribution in [0.15, 0.2) is 24.3 Å². The number of ether oxygens (including phenoxy) is 1. The molecular formula is C21H28FN3O3. The van der Waals surface area contributed by atoms with E-state index in [1.807, 2.05) is 0 Å². The van der Waals surface area contributed by atoms with E-state index >= 15 is 0 Å². The third-order valence-corrected chi connectivity index (χ3v) is 6.21. The number of rotatable bonds is 3. The van der Waals surface area contributed by atoms with E-state index in [0.29, 0.717) is 37.8 Å². The fourth-order valence-corrected chi connectivity index (χ4v) is 4.59. The number of likely N-dealkylation sites (tertiary alicyclic amines) is 1. The molecule has 0 spiro atoms. The molecular weight excluding hydrogens is 361 g/mol. The largest absolute Gasteiger partial charge is 0.381 e. The number of amides is 2. The maximum atomic E-state index is 13.1. The van der Waals surface area contributed by atoms with Gasteiger partial charge >= 0.3 is 0 Å². The Hall–Kier alpha value is -1.99. The SMILES string of the molecule is O=C(c1ccc(F)cc1)N1CCN(C2CCCN(C3CCOCC3)C2=O)CC1. The van der Waals surface area contributed by atoms with Gasteiger partial charge in [0, 0.05) is 57.5 Å². The molecule has 6 nitrogen and oxygen atoms in total.